The van der Waals surface area contributed by atoms with E-state index in [4.69, 9.17) is 5.11 Å². The summed E-state index contributed by atoms with van der Waals surface area (Å²) in [6.07, 6.45) is 8.26. The van der Waals surface area contributed by atoms with Gasteiger partial charge in [0.1, 0.15) is 6.33 Å². The molecule has 2 amide bonds. The number of aromatic nitrogens is 5. The van der Waals surface area contributed by atoms with Gasteiger partial charge < -0.3 is 20.6 Å². The van der Waals surface area contributed by atoms with Crippen LogP contribution in [-0.4, -0.2) is 66.8 Å². The Kier molecular flexibility index (Phi) is 6.08. The highest BCUT2D eigenvalue weighted by Crippen LogP contribution is 2.39. The van der Waals surface area contributed by atoms with Gasteiger partial charge in [-0.3, -0.25) is 14.3 Å². The second-order valence-corrected chi connectivity index (χ2v) is 7.63. The second kappa shape index (κ2) is 9.10. The van der Waals surface area contributed by atoms with E-state index in [9.17, 15) is 9.59 Å². The molecule has 4 rings (SSSR count). The van der Waals surface area contributed by atoms with Crippen LogP contribution in [0.1, 0.15) is 45.4 Å². The zero-order chi connectivity index (χ0) is 22.7. The third kappa shape index (κ3) is 4.72. The van der Waals surface area contributed by atoms with Crippen LogP contribution in [0.15, 0.2) is 37.1 Å². The standard InChI is InChI=1S/C21H24N8O3/c1-28(7-8-30)21(32)19-17(11-29(2)27-19)26-20(31)18-16(24-14-9-22-12-23-10-14)6-5-15(25-18)13-3-4-13/h5-6,9-13,24,30H,3-4,7-8H2,1-2H3,(H,26,31). The number of carbonyl (C=O) groups is 2. The van der Waals surface area contributed by atoms with Crippen LogP contribution in [0.2, 0.25) is 0 Å². The minimum absolute atomic E-state index is 0.0844. The predicted octanol–water partition coefficient (Wildman–Crippen LogP) is 1.54. The number of hydrogen-bond acceptors (Lipinski definition) is 8. The van der Waals surface area contributed by atoms with Crippen molar-refractivity contribution in [2.75, 3.05) is 30.8 Å². The Balaban J connectivity index is 1.63. The molecule has 0 bridgehead atoms. The van der Waals surface area contributed by atoms with Gasteiger partial charge in [-0.05, 0) is 25.0 Å². The van der Waals surface area contributed by atoms with E-state index >= 15 is 0 Å². The molecular formula is C21H24N8O3. The van der Waals surface area contributed by atoms with Gasteiger partial charge in [-0.15, -0.1) is 0 Å². The van der Waals surface area contributed by atoms with Crippen LogP contribution >= 0.6 is 0 Å². The third-order valence-electron chi connectivity index (χ3n) is 5.03. The topological polar surface area (TPSA) is 138 Å². The molecule has 3 aromatic rings. The van der Waals surface area contributed by atoms with Gasteiger partial charge in [-0.25, -0.2) is 15.0 Å². The summed E-state index contributed by atoms with van der Waals surface area (Å²) in [5, 5.41) is 19.2. The lowest BCUT2D eigenvalue weighted by Crippen LogP contribution is -2.30. The largest absolute Gasteiger partial charge is 0.395 e. The van der Waals surface area contributed by atoms with Gasteiger partial charge in [0, 0.05) is 38.4 Å². The fraction of sp³-hybridized carbons (Fsp3) is 0.333. The van der Waals surface area contributed by atoms with Gasteiger partial charge in [-0.2, -0.15) is 5.10 Å². The number of carbonyl (C=O) groups excluding carboxylic acids is 2. The van der Waals surface area contributed by atoms with Gasteiger partial charge in [0.15, 0.2) is 11.4 Å². The van der Waals surface area contributed by atoms with Gasteiger partial charge in [0.25, 0.3) is 11.8 Å². The Morgan fingerprint density at radius 2 is 1.94 bits per heavy atom. The van der Waals surface area contributed by atoms with E-state index in [0.29, 0.717) is 17.3 Å². The summed E-state index contributed by atoms with van der Waals surface area (Å²) >= 11 is 0. The molecule has 1 aliphatic carbocycles. The first-order chi connectivity index (χ1) is 15.5. The number of aliphatic hydroxyl groups excluding tert-OH is 1. The molecule has 3 N–H and O–H groups in total. The van der Waals surface area contributed by atoms with Crippen LogP contribution in [0.3, 0.4) is 0 Å². The number of rotatable bonds is 8. The lowest BCUT2D eigenvalue weighted by Gasteiger charge is -2.15. The highest BCUT2D eigenvalue weighted by molar-refractivity contribution is 6.10. The molecule has 0 saturated heterocycles. The first-order valence-electron chi connectivity index (χ1n) is 10.2. The monoisotopic (exact) mass is 436 g/mol. The fourth-order valence-corrected chi connectivity index (χ4v) is 3.23. The van der Waals surface area contributed by atoms with Crippen molar-refractivity contribution in [1.29, 1.82) is 0 Å². The summed E-state index contributed by atoms with van der Waals surface area (Å²) in [7, 11) is 3.22. The maximum absolute atomic E-state index is 13.3. The van der Waals surface area contributed by atoms with Crippen LogP contribution in [-0.2, 0) is 7.05 Å². The Hall–Kier alpha value is -3.86. The van der Waals surface area contributed by atoms with E-state index in [-0.39, 0.29) is 30.2 Å². The van der Waals surface area contributed by atoms with E-state index in [1.165, 1.54) is 15.9 Å². The molecule has 0 aromatic carbocycles. The van der Waals surface area contributed by atoms with Crippen molar-refractivity contribution in [3.8, 4) is 0 Å². The first kappa shape index (κ1) is 21.4. The van der Waals surface area contributed by atoms with Crippen molar-refractivity contribution >= 4 is 28.9 Å². The number of likely N-dealkylation sites (N-methyl/N-ethyl adjacent to an activating group) is 1. The second-order valence-electron chi connectivity index (χ2n) is 7.63. The Morgan fingerprint density at radius 1 is 1.19 bits per heavy atom. The highest BCUT2D eigenvalue weighted by atomic mass is 16.3. The normalized spacial score (nSPS) is 13.0. The molecule has 1 fully saturated rings. The number of hydrogen-bond donors (Lipinski definition) is 3. The van der Waals surface area contributed by atoms with Crippen LogP contribution in [0.25, 0.3) is 0 Å². The van der Waals surface area contributed by atoms with E-state index in [2.05, 4.69) is 30.7 Å². The maximum Gasteiger partial charge on any atom is 0.276 e. The van der Waals surface area contributed by atoms with Crippen molar-refractivity contribution in [3.63, 3.8) is 0 Å². The van der Waals surface area contributed by atoms with Crippen LogP contribution in [0.5, 0.6) is 0 Å². The summed E-state index contributed by atoms with van der Waals surface area (Å²) in [5.74, 6) is -0.522. The van der Waals surface area contributed by atoms with Crippen molar-refractivity contribution < 1.29 is 14.7 Å². The molecule has 166 valence electrons. The first-order valence-corrected chi connectivity index (χ1v) is 10.2. The Labute approximate surface area is 184 Å². The van der Waals surface area contributed by atoms with Gasteiger partial charge >= 0.3 is 0 Å². The summed E-state index contributed by atoms with van der Waals surface area (Å²) in [6, 6.07) is 3.72. The average Bonchev–Trinajstić information content (AvgIpc) is 3.57. The molecule has 0 unspecified atom stereocenters. The summed E-state index contributed by atoms with van der Waals surface area (Å²) in [6.45, 7) is -0.0200. The van der Waals surface area contributed by atoms with E-state index < -0.39 is 11.8 Å². The minimum atomic E-state index is -0.473. The highest BCUT2D eigenvalue weighted by Gasteiger charge is 2.28. The molecule has 3 heterocycles. The molecule has 1 saturated carbocycles. The maximum atomic E-state index is 13.3. The lowest BCUT2D eigenvalue weighted by atomic mass is 10.2. The van der Waals surface area contributed by atoms with Crippen molar-refractivity contribution in [2.24, 2.45) is 7.05 Å². The number of aliphatic hydroxyl groups is 1. The SMILES string of the molecule is CN(CCO)C(=O)c1nn(C)cc1NC(=O)c1nc(C2CC2)ccc1Nc1cncnc1. The Morgan fingerprint density at radius 3 is 2.62 bits per heavy atom. The molecule has 11 nitrogen and oxygen atoms in total. The van der Waals surface area contributed by atoms with Crippen LogP contribution in [0, 0.1) is 0 Å². The zero-order valence-electron chi connectivity index (χ0n) is 17.8. The summed E-state index contributed by atoms with van der Waals surface area (Å²) in [4.78, 5) is 39.8. The molecule has 3 aromatic heterocycles. The number of nitrogens with zero attached hydrogens (tertiary/aromatic N) is 6. The van der Waals surface area contributed by atoms with E-state index in [1.807, 2.05) is 12.1 Å². The smallest absolute Gasteiger partial charge is 0.276 e. The van der Waals surface area contributed by atoms with Crippen molar-refractivity contribution in [2.45, 2.75) is 18.8 Å². The molecule has 11 heteroatoms. The van der Waals surface area contributed by atoms with Crippen LogP contribution in [0.4, 0.5) is 17.1 Å². The Bertz CT molecular complexity index is 1130. The molecule has 0 atom stereocenters. The lowest BCUT2D eigenvalue weighted by molar-refractivity contribution is 0.0761. The number of nitrogens with one attached hydrogen (secondary N) is 2. The molecule has 0 aliphatic heterocycles. The minimum Gasteiger partial charge on any atom is -0.395 e. The summed E-state index contributed by atoms with van der Waals surface area (Å²) in [5.41, 5.74) is 2.52. The summed E-state index contributed by atoms with van der Waals surface area (Å²) < 4.78 is 1.45. The van der Waals surface area contributed by atoms with Crippen molar-refractivity contribution in [3.05, 3.63) is 54.1 Å². The van der Waals surface area contributed by atoms with Crippen LogP contribution < -0.4 is 10.6 Å². The van der Waals surface area contributed by atoms with Gasteiger partial charge in [0.2, 0.25) is 0 Å². The predicted molar refractivity (Wildman–Crippen MR) is 117 cm³/mol. The third-order valence-corrected chi connectivity index (χ3v) is 5.03. The number of amides is 2. The number of pyridine rings is 1. The molecule has 0 spiro atoms. The van der Waals surface area contributed by atoms with Crippen molar-refractivity contribution in [1.82, 2.24) is 29.6 Å². The zero-order valence-corrected chi connectivity index (χ0v) is 17.8. The average molecular weight is 436 g/mol. The van der Waals surface area contributed by atoms with E-state index in [0.717, 1.165) is 18.5 Å². The van der Waals surface area contributed by atoms with E-state index in [1.54, 1.807) is 32.7 Å². The molecule has 0 radical (unpaired) electrons. The molecule has 1 aliphatic rings. The number of anilines is 3. The van der Waals surface area contributed by atoms with Gasteiger partial charge in [-0.1, -0.05) is 0 Å². The molecule has 32 heavy (non-hydrogen) atoms. The quantitative estimate of drug-likeness (QED) is 0.483. The number of aryl methyl sites for hydroxylation is 1. The van der Waals surface area contributed by atoms with Gasteiger partial charge in [0.05, 0.1) is 36.1 Å². The molecular weight excluding hydrogens is 412 g/mol. The fourth-order valence-electron chi connectivity index (χ4n) is 3.23.